The molecular weight excluding hydrogens is 268 g/mol. The molecule has 2 fully saturated rings. The number of likely N-dealkylation sites (tertiary alicyclic amines) is 2. The fourth-order valence-electron chi connectivity index (χ4n) is 3.46. The molecule has 2 rings (SSSR count). The summed E-state index contributed by atoms with van der Waals surface area (Å²) in [7, 11) is 0. The third kappa shape index (κ3) is 4.11. The second-order valence-electron chi connectivity index (χ2n) is 6.75. The van der Waals surface area contributed by atoms with E-state index < -0.39 is 5.97 Å². The first-order valence-electron chi connectivity index (χ1n) is 8.26. The summed E-state index contributed by atoms with van der Waals surface area (Å²) < 4.78 is 0. The van der Waals surface area contributed by atoms with Crippen molar-refractivity contribution >= 4 is 12.0 Å². The molecule has 2 saturated heterocycles. The van der Waals surface area contributed by atoms with Gasteiger partial charge in [-0.15, -0.1) is 0 Å². The third-order valence-corrected chi connectivity index (χ3v) is 5.17. The highest BCUT2D eigenvalue weighted by atomic mass is 16.4. The van der Waals surface area contributed by atoms with Gasteiger partial charge in [0.05, 0.1) is 0 Å². The highest BCUT2D eigenvalue weighted by Gasteiger charge is 2.33. The third-order valence-electron chi connectivity index (χ3n) is 5.17. The van der Waals surface area contributed by atoms with Gasteiger partial charge in [-0.2, -0.15) is 0 Å². The number of hydrogen-bond donors (Lipinski definition) is 1. The maximum atomic E-state index is 12.8. The van der Waals surface area contributed by atoms with Crippen molar-refractivity contribution in [1.29, 1.82) is 0 Å². The maximum Gasteiger partial charge on any atom is 0.320 e. The summed E-state index contributed by atoms with van der Waals surface area (Å²) >= 11 is 0. The van der Waals surface area contributed by atoms with Crippen molar-refractivity contribution in [3.63, 3.8) is 0 Å². The van der Waals surface area contributed by atoms with Crippen LogP contribution in [-0.4, -0.2) is 52.6 Å². The van der Waals surface area contributed by atoms with Crippen LogP contribution in [0.3, 0.4) is 0 Å². The quantitative estimate of drug-likeness (QED) is 0.871. The lowest BCUT2D eigenvalue weighted by molar-refractivity contribution is -0.137. The van der Waals surface area contributed by atoms with Gasteiger partial charge < -0.3 is 14.9 Å². The van der Waals surface area contributed by atoms with Gasteiger partial charge in [0.1, 0.15) is 0 Å². The Balaban J connectivity index is 1.96. The number of hydrogen-bond acceptors (Lipinski definition) is 2. The van der Waals surface area contributed by atoms with Gasteiger partial charge in [-0.25, -0.2) is 4.79 Å². The molecule has 0 aromatic rings. The molecule has 0 spiro atoms. The fourth-order valence-corrected chi connectivity index (χ4v) is 3.46. The zero-order valence-electron chi connectivity index (χ0n) is 13.3. The molecule has 5 heteroatoms. The number of nitrogens with zero attached hydrogens (tertiary/aromatic N) is 2. The Bertz CT molecular complexity index is 386. The molecule has 0 saturated carbocycles. The molecule has 120 valence electrons. The van der Waals surface area contributed by atoms with E-state index >= 15 is 0 Å². The van der Waals surface area contributed by atoms with Gasteiger partial charge in [0.25, 0.3) is 0 Å². The van der Waals surface area contributed by atoms with Gasteiger partial charge in [0.15, 0.2) is 0 Å². The monoisotopic (exact) mass is 296 g/mol. The second kappa shape index (κ2) is 7.14. The molecule has 0 radical (unpaired) electrons. The van der Waals surface area contributed by atoms with Crippen LogP contribution in [0.15, 0.2) is 0 Å². The summed E-state index contributed by atoms with van der Waals surface area (Å²) in [5.41, 5.74) is 0. The minimum Gasteiger partial charge on any atom is -0.481 e. The van der Waals surface area contributed by atoms with Crippen molar-refractivity contribution in [2.24, 2.45) is 11.8 Å². The summed E-state index contributed by atoms with van der Waals surface area (Å²) in [4.78, 5) is 27.5. The standard InChI is InChI=1S/C16H28N2O3/c1-12-8-10-17(11-13(12)2)16(21)18-9-4-3-5-14(18)6-7-15(19)20/h12-14H,3-11H2,1-2H3,(H,19,20). The molecule has 0 aliphatic carbocycles. The molecule has 1 N–H and O–H groups in total. The summed E-state index contributed by atoms with van der Waals surface area (Å²) in [6.45, 7) is 6.92. The summed E-state index contributed by atoms with van der Waals surface area (Å²) in [5.74, 6) is 0.455. The average Bonchev–Trinajstić information content (AvgIpc) is 2.47. The van der Waals surface area contributed by atoms with Crippen molar-refractivity contribution in [2.45, 2.75) is 58.4 Å². The van der Waals surface area contributed by atoms with Crippen LogP contribution in [0, 0.1) is 11.8 Å². The largest absolute Gasteiger partial charge is 0.481 e. The molecule has 2 heterocycles. The first-order chi connectivity index (χ1) is 9.99. The van der Waals surface area contributed by atoms with E-state index in [1.807, 2.05) is 9.80 Å². The molecule has 0 bridgehead atoms. The van der Waals surface area contributed by atoms with E-state index in [1.54, 1.807) is 0 Å². The molecule has 2 amide bonds. The molecule has 0 aromatic carbocycles. The number of carbonyl (C=O) groups is 2. The Morgan fingerprint density at radius 2 is 1.86 bits per heavy atom. The molecular formula is C16H28N2O3. The number of carboxylic acids is 1. The normalized spacial score (nSPS) is 30.3. The predicted molar refractivity (Wildman–Crippen MR) is 81.1 cm³/mol. The molecule has 2 aliphatic rings. The van der Waals surface area contributed by atoms with Gasteiger partial charge in [-0.05, 0) is 43.9 Å². The number of carboxylic acid groups (broad SMARTS) is 1. The number of urea groups is 1. The van der Waals surface area contributed by atoms with Crippen LogP contribution < -0.4 is 0 Å². The lowest BCUT2D eigenvalue weighted by atomic mass is 9.89. The second-order valence-corrected chi connectivity index (χ2v) is 6.75. The Morgan fingerprint density at radius 3 is 2.52 bits per heavy atom. The maximum absolute atomic E-state index is 12.8. The first-order valence-corrected chi connectivity index (χ1v) is 8.26. The summed E-state index contributed by atoms with van der Waals surface area (Å²) in [6.07, 6.45) is 4.89. The van der Waals surface area contributed by atoms with Crippen LogP contribution >= 0.6 is 0 Å². The van der Waals surface area contributed by atoms with Crippen molar-refractivity contribution in [2.75, 3.05) is 19.6 Å². The van der Waals surface area contributed by atoms with Crippen LogP contribution in [-0.2, 0) is 4.79 Å². The van der Waals surface area contributed by atoms with Crippen molar-refractivity contribution in [1.82, 2.24) is 9.80 Å². The lowest BCUT2D eigenvalue weighted by Gasteiger charge is -2.42. The van der Waals surface area contributed by atoms with Gasteiger partial charge in [0, 0.05) is 32.1 Å². The number of rotatable bonds is 3. The Morgan fingerprint density at radius 1 is 1.10 bits per heavy atom. The van der Waals surface area contributed by atoms with Gasteiger partial charge >= 0.3 is 12.0 Å². The van der Waals surface area contributed by atoms with Gasteiger partial charge in [0.2, 0.25) is 0 Å². The summed E-state index contributed by atoms with van der Waals surface area (Å²) in [5, 5.41) is 8.87. The van der Waals surface area contributed by atoms with E-state index in [-0.39, 0.29) is 18.5 Å². The number of aliphatic carboxylic acids is 1. The molecule has 2 aliphatic heterocycles. The Kier molecular flexibility index (Phi) is 5.48. The van der Waals surface area contributed by atoms with Crippen molar-refractivity contribution in [3.05, 3.63) is 0 Å². The molecule has 21 heavy (non-hydrogen) atoms. The minimum atomic E-state index is -0.770. The van der Waals surface area contributed by atoms with E-state index in [2.05, 4.69) is 13.8 Å². The molecule has 3 unspecified atom stereocenters. The first kappa shape index (κ1) is 16.1. The Labute approximate surface area is 127 Å². The number of piperidine rings is 2. The van der Waals surface area contributed by atoms with E-state index in [1.165, 1.54) is 0 Å². The fraction of sp³-hybridized carbons (Fsp3) is 0.875. The van der Waals surface area contributed by atoms with Crippen LogP contribution in [0.4, 0.5) is 4.79 Å². The lowest BCUT2D eigenvalue weighted by Crippen LogP contribution is -2.53. The van der Waals surface area contributed by atoms with E-state index in [0.29, 0.717) is 18.3 Å². The van der Waals surface area contributed by atoms with E-state index in [4.69, 9.17) is 5.11 Å². The molecule has 3 atom stereocenters. The van der Waals surface area contributed by atoms with Crippen LogP contribution in [0.2, 0.25) is 0 Å². The minimum absolute atomic E-state index is 0.108. The smallest absolute Gasteiger partial charge is 0.320 e. The van der Waals surface area contributed by atoms with Gasteiger partial charge in [-0.3, -0.25) is 4.79 Å². The van der Waals surface area contributed by atoms with Crippen molar-refractivity contribution in [3.8, 4) is 0 Å². The highest BCUT2D eigenvalue weighted by Crippen LogP contribution is 2.26. The van der Waals surface area contributed by atoms with E-state index in [9.17, 15) is 9.59 Å². The summed E-state index contributed by atoms with van der Waals surface area (Å²) in [6, 6.07) is 0.237. The molecule has 0 aromatic heterocycles. The van der Waals surface area contributed by atoms with Gasteiger partial charge in [-0.1, -0.05) is 13.8 Å². The average molecular weight is 296 g/mol. The van der Waals surface area contributed by atoms with Crippen LogP contribution in [0.1, 0.15) is 52.4 Å². The van der Waals surface area contributed by atoms with Crippen LogP contribution in [0.5, 0.6) is 0 Å². The number of amides is 2. The topological polar surface area (TPSA) is 60.9 Å². The SMILES string of the molecule is CC1CCN(C(=O)N2CCCCC2CCC(=O)O)CC1C. The molecule has 5 nitrogen and oxygen atoms in total. The van der Waals surface area contributed by atoms with Crippen LogP contribution in [0.25, 0.3) is 0 Å². The number of carbonyl (C=O) groups excluding carboxylic acids is 1. The highest BCUT2D eigenvalue weighted by molar-refractivity contribution is 5.75. The predicted octanol–water partition coefficient (Wildman–Crippen LogP) is 2.80. The Hall–Kier alpha value is -1.26. The zero-order chi connectivity index (χ0) is 15.4. The van der Waals surface area contributed by atoms with Crippen molar-refractivity contribution < 1.29 is 14.7 Å². The van der Waals surface area contributed by atoms with E-state index in [0.717, 1.165) is 45.3 Å². The zero-order valence-corrected chi connectivity index (χ0v) is 13.3.